The number of hydrogen-bond donors (Lipinski definition) is 0. The van der Waals surface area contributed by atoms with Gasteiger partial charge in [-0.1, -0.05) is 24.8 Å². The molecule has 0 bridgehead atoms. The van der Waals surface area contributed by atoms with Crippen molar-refractivity contribution in [3.05, 3.63) is 36.6 Å². The molecule has 0 saturated carbocycles. The molecule has 1 heteroatoms. The molecule has 11 heavy (non-hydrogen) atoms. The summed E-state index contributed by atoms with van der Waals surface area (Å²) in [6.45, 7) is 3.82. The molecular formula is C10H13N. The fourth-order valence-electron chi connectivity index (χ4n) is 0.895. The molecule has 1 aliphatic heterocycles. The lowest BCUT2D eigenvalue weighted by Gasteiger charge is -1.95. The number of nitrogens with zero attached hydrogens (tertiary/aromatic N) is 1. The zero-order chi connectivity index (χ0) is 7.94. The first-order chi connectivity index (χ1) is 5.39. The highest BCUT2D eigenvalue weighted by Gasteiger charge is 1.87. The Morgan fingerprint density at radius 2 is 2.18 bits per heavy atom. The Morgan fingerprint density at radius 1 is 1.27 bits per heavy atom. The summed E-state index contributed by atoms with van der Waals surface area (Å²) in [5, 5.41) is 0. The minimum atomic E-state index is 0.959. The van der Waals surface area contributed by atoms with Crippen LogP contribution >= 0.6 is 0 Å². The van der Waals surface area contributed by atoms with Gasteiger partial charge in [-0.3, -0.25) is 4.99 Å². The van der Waals surface area contributed by atoms with Crippen molar-refractivity contribution in [3.63, 3.8) is 0 Å². The highest BCUT2D eigenvalue weighted by Crippen LogP contribution is 2.05. The molecule has 0 spiro atoms. The predicted octanol–water partition coefficient (Wildman–Crippen LogP) is 2.87. The normalized spacial score (nSPS) is 27.5. The van der Waals surface area contributed by atoms with Gasteiger partial charge in [-0.25, -0.2) is 0 Å². The maximum atomic E-state index is 4.15. The van der Waals surface area contributed by atoms with Gasteiger partial charge in [-0.15, -0.1) is 0 Å². The summed E-state index contributed by atoms with van der Waals surface area (Å²) in [7, 11) is 0. The average Bonchev–Trinajstić information content (AvgIpc) is 2.03. The molecule has 0 N–H and O–H groups in total. The van der Waals surface area contributed by atoms with Crippen LogP contribution in [0.5, 0.6) is 0 Å². The van der Waals surface area contributed by atoms with Crippen molar-refractivity contribution >= 4 is 6.21 Å². The molecule has 0 aromatic rings. The SMILES string of the molecule is C=C1CC/C=C\C/C=C\C=N/1. The van der Waals surface area contributed by atoms with Crippen LogP contribution in [0.2, 0.25) is 0 Å². The lowest BCUT2D eigenvalue weighted by Crippen LogP contribution is -1.78. The van der Waals surface area contributed by atoms with Gasteiger partial charge in [0.05, 0.1) is 0 Å². The molecule has 1 aliphatic rings. The van der Waals surface area contributed by atoms with Gasteiger partial charge in [0.2, 0.25) is 0 Å². The van der Waals surface area contributed by atoms with E-state index < -0.39 is 0 Å². The van der Waals surface area contributed by atoms with E-state index in [-0.39, 0.29) is 0 Å². The minimum absolute atomic E-state index is 0.959. The third kappa shape index (κ3) is 3.56. The van der Waals surface area contributed by atoms with Crippen LogP contribution in [-0.2, 0) is 0 Å². The van der Waals surface area contributed by atoms with Crippen LogP contribution in [0.4, 0.5) is 0 Å². The number of rotatable bonds is 0. The van der Waals surface area contributed by atoms with Gasteiger partial charge >= 0.3 is 0 Å². The van der Waals surface area contributed by atoms with Crippen LogP contribution in [0.25, 0.3) is 0 Å². The van der Waals surface area contributed by atoms with Gasteiger partial charge in [0.1, 0.15) is 0 Å². The van der Waals surface area contributed by atoms with Crippen LogP contribution in [0.1, 0.15) is 19.3 Å². The van der Waals surface area contributed by atoms with Gasteiger partial charge in [0.25, 0.3) is 0 Å². The van der Waals surface area contributed by atoms with Gasteiger partial charge in [-0.05, 0) is 25.3 Å². The molecule has 0 aromatic heterocycles. The van der Waals surface area contributed by atoms with Crippen LogP contribution in [0.3, 0.4) is 0 Å². The summed E-state index contributed by atoms with van der Waals surface area (Å²) in [6, 6.07) is 0. The Bertz CT molecular complexity index is 209. The van der Waals surface area contributed by atoms with Crippen LogP contribution in [0, 0.1) is 0 Å². The lowest BCUT2D eigenvalue weighted by molar-refractivity contribution is 0.963. The number of allylic oxidation sites excluding steroid dienone is 5. The summed E-state index contributed by atoms with van der Waals surface area (Å²) in [6.07, 6.45) is 13.2. The molecule has 58 valence electrons. The van der Waals surface area contributed by atoms with E-state index in [1.54, 1.807) is 0 Å². The molecule has 1 rings (SSSR count). The molecular weight excluding hydrogens is 134 g/mol. The monoisotopic (exact) mass is 147 g/mol. The fourth-order valence-corrected chi connectivity index (χ4v) is 0.895. The molecule has 0 aliphatic carbocycles. The molecule has 0 aromatic carbocycles. The van der Waals surface area contributed by atoms with Crippen molar-refractivity contribution in [1.29, 1.82) is 0 Å². The standard InChI is InChI=1S/C10H13N/c1-10-8-6-4-2-3-5-7-9-11-10/h2,4-5,7,9H,1,3,6,8H2/b4-2-,7-5-,11-9-. The number of hydrogen-bond acceptors (Lipinski definition) is 1. The van der Waals surface area contributed by atoms with E-state index >= 15 is 0 Å². The summed E-state index contributed by atoms with van der Waals surface area (Å²) in [5.74, 6) is 0. The van der Waals surface area contributed by atoms with Gasteiger partial charge in [0, 0.05) is 11.9 Å². The Hall–Kier alpha value is -1.11. The highest BCUT2D eigenvalue weighted by atomic mass is 14.7. The second-order valence-corrected chi connectivity index (χ2v) is 2.52. The van der Waals surface area contributed by atoms with Crippen molar-refractivity contribution in [3.8, 4) is 0 Å². The Kier molecular flexibility index (Phi) is 3.39. The van der Waals surface area contributed by atoms with E-state index in [0.717, 1.165) is 25.0 Å². The highest BCUT2D eigenvalue weighted by molar-refractivity contribution is 5.72. The van der Waals surface area contributed by atoms with E-state index in [9.17, 15) is 0 Å². The summed E-state index contributed by atoms with van der Waals surface area (Å²) < 4.78 is 0. The molecule has 0 fully saturated rings. The largest absolute Gasteiger partial charge is 0.262 e. The van der Waals surface area contributed by atoms with Crippen molar-refractivity contribution in [1.82, 2.24) is 0 Å². The first-order valence-electron chi connectivity index (χ1n) is 3.91. The topological polar surface area (TPSA) is 12.4 Å². The van der Waals surface area contributed by atoms with Crippen LogP contribution in [0.15, 0.2) is 41.6 Å². The van der Waals surface area contributed by atoms with Crippen LogP contribution < -0.4 is 0 Å². The first kappa shape index (κ1) is 7.99. The minimum Gasteiger partial charge on any atom is -0.262 e. The zero-order valence-electron chi connectivity index (χ0n) is 6.66. The fraction of sp³-hybridized carbons (Fsp3) is 0.300. The summed E-state index contributed by atoms with van der Waals surface area (Å²) in [5.41, 5.74) is 0.959. The predicted molar refractivity (Wildman–Crippen MR) is 49.8 cm³/mol. The maximum Gasteiger partial charge on any atom is 0.0335 e. The summed E-state index contributed by atoms with van der Waals surface area (Å²) in [4.78, 5) is 4.15. The average molecular weight is 147 g/mol. The molecule has 0 saturated heterocycles. The van der Waals surface area contributed by atoms with Crippen molar-refractivity contribution < 1.29 is 0 Å². The molecule has 1 heterocycles. The van der Waals surface area contributed by atoms with Crippen molar-refractivity contribution in [2.24, 2.45) is 4.99 Å². The summed E-state index contributed by atoms with van der Waals surface area (Å²) >= 11 is 0. The molecule has 0 unspecified atom stereocenters. The van der Waals surface area contributed by atoms with Crippen molar-refractivity contribution in [2.75, 3.05) is 0 Å². The lowest BCUT2D eigenvalue weighted by atomic mass is 10.2. The van der Waals surface area contributed by atoms with E-state index in [1.165, 1.54) is 0 Å². The van der Waals surface area contributed by atoms with Crippen LogP contribution in [-0.4, -0.2) is 6.21 Å². The maximum absolute atomic E-state index is 4.15. The smallest absolute Gasteiger partial charge is 0.0335 e. The quantitative estimate of drug-likeness (QED) is 0.467. The van der Waals surface area contributed by atoms with Crippen molar-refractivity contribution in [2.45, 2.75) is 19.3 Å². The van der Waals surface area contributed by atoms with Gasteiger partial charge < -0.3 is 0 Å². The molecule has 0 atom stereocenters. The Balaban J connectivity index is 2.56. The van der Waals surface area contributed by atoms with Gasteiger partial charge in [0.15, 0.2) is 0 Å². The third-order valence-electron chi connectivity index (χ3n) is 1.52. The molecule has 1 nitrogen and oxygen atoms in total. The number of aliphatic imine (C=N–C) groups is 1. The second kappa shape index (κ2) is 4.67. The molecule has 0 radical (unpaired) electrons. The third-order valence-corrected chi connectivity index (χ3v) is 1.52. The Morgan fingerprint density at radius 3 is 3.09 bits per heavy atom. The van der Waals surface area contributed by atoms with E-state index in [0.29, 0.717) is 0 Å². The van der Waals surface area contributed by atoms with E-state index in [1.807, 2.05) is 12.3 Å². The van der Waals surface area contributed by atoms with Gasteiger partial charge in [-0.2, -0.15) is 0 Å². The Labute approximate surface area is 67.8 Å². The second-order valence-electron chi connectivity index (χ2n) is 2.52. The van der Waals surface area contributed by atoms with E-state index in [2.05, 4.69) is 29.8 Å². The zero-order valence-corrected chi connectivity index (χ0v) is 6.66. The molecule has 0 amide bonds. The first-order valence-corrected chi connectivity index (χ1v) is 3.91. The van der Waals surface area contributed by atoms with E-state index in [4.69, 9.17) is 0 Å².